The highest BCUT2D eigenvalue weighted by molar-refractivity contribution is 6.00. The minimum Gasteiger partial charge on any atom is -0.496 e. The van der Waals surface area contributed by atoms with Crippen molar-refractivity contribution >= 4 is 17.6 Å². The van der Waals surface area contributed by atoms with E-state index in [2.05, 4.69) is 0 Å². The van der Waals surface area contributed by atoms with Crippen molar-refractivity contribution in [2.75, 3.05) is 25.7 Å². The number of carboxylic acid groups (broad SMARTS) is 1. The summed E-state index contributed by atoms with van der Waals surface area (Å²) in [6.07, 6.45) is 0. The van der Waals surface area contributed by atoms with Crippen LogP contribution in [0.4, 0.5) is 5.69 Å². The van der Waals surface area contributed by atoms with Gasteiger partial charge < -0.3 is 19.5 Å². The van der Waals surface area contributed by atoms with Gasteiger partial charge >= 0.3 is 5.97 Å². The Morgan fingerprint density at radius 3 is 2.27 bits per heavy atom. The molecule has 0 fully saturated rings. The molecule has 0 radical (unpaired) electrons. The molecule has 6 heteroatoms. The van der Waals surface area contributed by atoms with Gasteiger partial charge in [0.15, 0.2) is 6.61 Å². The number of para-hydroxylation sites is 1. The van der Waals surface area contributed by atoms with E-state index in [0.717, 1.165) is 5.56 Å². The summed E-state index contributed by atoms with van der Waals surface area (Å²) in [5.74, 6) is -0.0428. The highest BCUT2D eigenvalue weighted by atomic mass is 16.5. The number of benzene rings is 2. The first kappa shape index (κ1) is 19.3. The zero-order chi connectivity index (χ0) is 19.3. The second-order valence-electron chi connectivity index (χ2n) is 6.37. The maximum atomic E-state index is 13.1. The molecule has 2 aromatic carbocycles. The molecular weight excluding hydrogens is 334 g/mol. The number of carboxylic acids is 1. The Morgan fingerprint density at radius 2 is 1.69 bits per heavy atom. The van der Waals surface area contributed by atoms with E-state index in [9.17, 15) is 9.59 Å². The molecule has 26 heavy (non-hydrogen) atoms. The molecule has 0 aliphatic carbocycles. The maximum absolute atomic E-state index is 13.1. The summed E-state index contributed by atoms with van der Waals surface area (Å²) in [7, 11) is 3.28. The fourth-order valence-electron chi connectivity index (χ4n) is 2.72. The average Bonchev–Trinajstić information content (AvgIpc) is 2.65. The van der Waals surface area contributed by atoms with Gasteiger partial charge in [-0.05, 0) is 44.2 Å². The molecular formula is C20H23NO5. The quantitative estimate of drug-likeness (QED) is 0.824. The minimum absolute atomic E-state index is 0.0961. The number of carbonyl (C=O) groups is 2. The van der Waals surface area contributed by atoms with Crippen LogP contribution in [0, 0.1) is 0 Å². The molecule has 0 saturated heterocycles. The molecule has 0 unspecified atom stereocenters. The molecule has 0 atom stereocenters. The number of likely N-dealkylation sites (N-methyl/N-ethyl adjacent to an activating group) is 1. The zero-order valence-electron chi connectivity index (χ0n) is 15.4. The van der Waals surface area contributed by atoms with Gasteiger partial charge in [0.2, 0.25) is 5.91 Å². The Hall–Kier alpha value is -3.02. The van der Waals surface area contributed by atoms with Crippen LogP contribution < -0.4 is 14.4 Å². The average molecular weight is 357 g/mol. The number of hydrogen-bond acceptors (Lipinski definition) is 4. The Labute approximate surface area is 153 Å². The van der Waals surface area contributed by atoms with E-state index in [1.807, 2.05) is 38.1 Å². The van der Waals surface area contributed by atoms with E-state index in [1.165, 1.54) is 0 Å². The summed E-state index contributed by atoms with van der Waals surface area (Å²) in [5.41, 5.74) is 0.696. The third-order valence-corrected chi connectivity index (χ3v) is 4.21. The summed E-state index contributed by atoms with van der Waals surface area (Å²) in [6.45, 7) is 3.30. The number of nitrogens with zero attached hydrogens (tertiary/aromatic N) is 1. The lowest BCUT2D eigenvalue weighted by molar-refractivity contribution is -0.139. The van der Waals surface area contributed by atoms with Gasteiger partial charge in [-0.2, -0.15) is 0 Å². The van der Waals surface area contributed by atoms with Crippen LogP contribution in [0.5, 0.6) is 11.5 Å². The maximum Gasteiger partial charge on any atom is 0.341 e. The van der Waals surface area contributed by atoms with Crippen LogP contribution in [0.25, 0.3) is 0 Å². The second-order valence-corrected chi connectivity index (χ2v) is 6.37. The summed E-state index contributed by atoms with van der Waals surface area (Å²) >= 11 is 0. The number of ether oxygens (including phenoxy) is 2. The number of rotatable bonds is 7. The van der Waals surface area contributed by atoms with Crippen molar-refractivity contribution in [3.05, 3.63) is 54.1 Å². The van der Waals surface area contributed by atoms with Crippen LogP contribution in [-0.2, 0) is 15.0 Å². The monoisotopic (exact) mass is 357 g/mol. The van der Waals surface area contributed by atoms with Crippen LogP contribution in [0.1, 0.15) is 19.4 Å². The predicted molar refractivity (Wildman–Crippen MR) is 99.0 cm³/mol. The lowest BCUT2D eigenvalue weighted by Gasteiger charge is -2.31. The predicted octanol–water partition coefficient (Wildman–Crippen LogP) is 3.10. The topological polar surface area (TPSA) is 76.1 Å². The molecule has 138 valence electrons. The van der Waals surface area contributed by atoms with Gasteiger partial charge in [0.1, 0.15) is 11.5 Å². The van der Waals surface area contributed by atoms with E-state index in [0.29, 0.717) is 17.2 Å². The Kier molecular flexibility index (Phi) is 5.87. The first-order valence-corrected chi connectivity index (χ1v) is 8.13. The van der Waals surface area contributed by atoms with Crippen LogP contribution in [0.15, 0.2) is 48.5 Å². The van der Waals surface area contributed by atoms with E-state index in [1.54, 1.807) is 43.3 Å². The van der Waals surface area contributed by atoms with Gasteiger partial charge in [0, 0.05) is 18.3 Å². The van der Waals surface area contributed by atoms with Crippen molar-refractivity contribution in [1.82, 2.24) is 0 Å². The third-order valence-electron chi connectivity index (χ3n) is 4.21. The SMILES string of the molecule is COc1ccccc1C(C)(C)C(=O)N(C)c1ccc(OCC(=O)O)cc1. The molecule has 0 spiro atoms. The summed E-state index contributed by atoms with van der Waals surface area (Å²) < 4.78 is 10.5. The van der Waals surface area contributed by atoms with E-state index < -0.39 is 18.0 Å². The molecule has 6 nitrogen and oxygen atoms in total. The van der Waals surface area contributed by atoms with Crippen LogP contribution in [0.3, 0.4) is 0 Å². The third kappa shape index (κ3) is 4.14. The first-order chi connectivity index (χ1) is 12.3. The number of aliphatic carboxylic acids is 1. The number of carbonyl (C=O) groups excluding carboxylic acids is 1. The summed E-state index contributed by atoms with van der Waals surface area (Å²) in [5, 5.41) is 8.64. The normalized spacial score (nSPS) is 10.9. The highest BCUT2D eigenvalue weighted by Crippen LogP contribution is 2.34. The van der Waals surface area contributed by atoms with Gasteiger partial charge in [-0.3, -0.25) is 4.79 Å². The van der Waals surface area contributed by atoms with Gasteiger partial charge in [-0.1, -0.05) is 18.2 Å². The fraction of sp³-hybridized carbons (Fsp3) is 0.300. The Morgan fingerprint density at radius 1 is 1.08 bits per heavy atom. The molecule has 0 saturated carbocycles. The first-order valence-electron chi connectivity index (χ1n) is 8.13. The van der Waals surface area contributed by atoms with Gasteiger partial charge in [-0.15, -0.1) is 0 Å². The smallest absolute Gasteiger partial charge is 0.341 e. The van der Waals surface area contributed by atoms with Crippen LogP contribution in [-0.4, -0.2) is 37.7 Å². The van der Waals surface area contributed by atoms with Gasteiger partial charge in [0.25, 0.3) is 0 Å². The van der Waals surface area contributed by atoms with Crippen molar-refractivity contribution in [1.29, 1.82) is 0 Å². The molecule has 2 aromatic rings. The molecule has 0 aliphatic heterocycles. The van der Waals surface area contributed by atoms with Crippen molar-refractivity contribution in [2.24, 2.45) is 0 Å². The number of amides is 1. The van der Waals surface area contributed by atoms with Gasteiger partial charge in [-0.25, -0.2) is 4.79 Å². The van der Waals surface area contributed by atoms with Crippen molar-refractivity contribution < 1.29 is 24.2 Å². The molecule has 1 N–H and O–H groups in total. The molecule has 1 amide bonds. The summed E-state index contributed by atoms with van der Waals surface area (Å²) in [4.78, 5) is 25.2. The van der Waals surface area contributed by atoms with E-state index in [4.69, 9.17) is 14.6 Å². The van der Waals surface area contributed by atoms with Gasteiger partial charge in [0.05, 0.1) is 12.5 Å². The fourth-order valence-corrected chi connectivity index (χ4v) is 2.72. The van der Waals surface area contributed by atoms with Crippen molar-refractivity contribution in [3.63, 3.8) is 0 Å². The van der Waals surface area contributed by atoms with E-state index in [-0.39, 0.29) is 5.91 Å². The molecule has 0 aliphatic rings. The summed E-state index contributed by atoms with van der Waals surface area (Å²) in [6, 6.07) is 14.2. The molecule has 0 heterocycles. The van der Waals surface area contributed by atoms with Crippen LogP contribution >= 0.6 is 0 Å². The Balaban J connectivity index is 2.21. The van der Waals surface area contributed by atoms with Crippen LogP contribution in [0.2, 0.25) is 0 Å². The largest absolute Gasteiger partial charge is 0.496 e. The number of hydrogen-bond donors (Lipinski definition) is 1. The van der Waals surface area contributed by atoms with Crippen molar-refractivity contribution in [3.8, 4) is 11.5 Å². The lowest BCUT2D eigenvalue weighted by Crippen LogP contribution is -2.41. The standard InChI is InChI=1S/C20H23NO5/c1-20(2,16-7-5-6-8-17(16)25-4)19(24)21(3)14-9-11-15(12-10-14)26-13-18(22)23/h5-12H,13H2,1-4H3,(H,22,23). The number of anilines is 1. The highest BCUT2D eigenvalue weighted by Gasteiger charge is 2.35. The second kappa shape index (κ2) is 7.91. The Bertz CT molecular complexity index is 783. The molecule has 0 aromatic heterocycles. The van der Waals surface area contributed by atoms with E-state index >= 15 is 0 Å². The zero-order valence-corrected chi connectivity index (χ0v) is 15.4. The minimum atomic E-state index is -1.04. The molecule has 0 bridgehead atoms. The van der Waals surface area contributed by atoms with Crippen molar-refractivity contribution in [2.45, 2.75) is 19.3 Å². The number of methoxy groups -OCH3 is 1. The lowest BCUT2D eigenvalue weighted by atomic mass is 9.82. The molecule has 2 rings (SSSR count).